The number of hydrogen-bond acceptors (Lipinski definition) is 2. The van der Waals surface area contributed by atoms with Crippen molar-refractivity contribution >= 4 is 0 Å². The van der Waals surface area contributed by atoms with Crippen LogP contribution in [0, 0.1) is 5.92 Å². The summed E-state index contributed by atoms with van der Waals surface area (Å²) in [4.78, 5) is 1.78. The number of likely N-dealkylation sites (tertiary alicyclic amines) is 1. The van der Waals surface area contributed by atoms with E-state index >= 15 is 0 Å². The molecule has 0 aromatic heterocycles. The topological polar surface area (TPSA) is 29.3 Å². The van der Waals surface area contributed by atoms with E-state index in [4.69, 9.17) is 5.73 Å². The van der Waals surface area contributed by atoms with Gasteiger partial charge in [-0.3, -0.25) is 0 Å². The summed E-state index contributed by atoms with van der Waals surface area (Å²) in [5.74, 6) is 0.313. The summed E-state index contributed by atoms with van der Waals surface area (Å²) in [7, 11) is 0. The van der Waals surface area contributed by atoms with Crippen molar-refractivity contribution in [3.8, 4) is 0 Å². The third kappa shape index (κ3) is 3.52. The lowest BCUT2D eigenvalue weighted by Crippen LogP contribution is -2.30. The van der Waals surface area contributed by atoms with Crippen molar-refractivity contribution in [2.24, 2.45) is 11.7 Å². The molecule has 1 fully saturated rings. The fourth-order valence-corrected chi connectivity index (χ4v) is 1.56. The van der Waals surface area contributed by atoms with Crippen molar-refractivity contribution in [1.82, 2.24) is 4.90 Å². The SMILES string of the molecule is CC1CN(CCC(F)(F)F)CC1N. The zero-order chi connectivity index (χ0) is 10.1. The van der Waals surface area contributed by atoms with Crippen LogP contribution in [0.2, 0.25) is 0 Å². The predicted octanol–water partition coefficient (Wildman–Crippen LogP) is 1.22. The van der Waals surface area contributed by atoms with Gasteiger partial charge in [-0.15, -0.1) is 0 Å². The average molecular weight is 196 g/mol. The second-order valence-corrected chi connectivity index (χ2v) is 3.77. The number of nitrogens with zero attached hydrogens (tertiary/aromatic N) is 1. The molecule has 13 heavy (non-hydrogen) atoms. The summed E-state index contributed by atoms with van der Waals surface area (Å²) in [6.07, 6.45) is -4.78. The van der Waals surface area contributed by atoms with Gasteiger partial charge in [0.2, 0.25) is 0 Å². The molecule has 0 aromatic rings. The number of halogens is 3. The molecule has 1 aliphatic rings. The van der Waals surface area contributed by atoms with E-state index in [9.17, 15) is 13.2 Å². The molecule has 1 aliphatic heterocycles. The van der Waals surface area contributed by atoms with Gasteiger partial charge in [0.15, 0.2) is 0 Å². The zero-order valence-electron chi connectivity index (χ0n) is 7.64. The van der Waals surface area contributed by atoms with Crippen molar-refractivity contribution in [2.75, 3.05) is 19.6 Å². The van der Waals surface area contributed by atoms with Crippen LogP contribution >= 0.6 is 0 Å². The van der Waals surface area contributed by atoms with E-state index in [0.717, 1.165) is 0 Å². The highest BCUT2D eigenvalue weighted by Crippen LogP contribution is 2.22. The minimum atomic E-state index is -4.05. The lowest BCUT2D eigenvalue weighted by molar-refractivity contribution is -0.137. The Kier molecular flexibility index (Phi) is 3.18. The van der Waals surface area contributed by atoms with Gasteiger partial charge in [-0.05, 0) is 5.92 Å². The third-order valence-corrected chi connectivity index (χ3v) is 2.46. The van der Waals surface area contributed by atoms with Crippen LogP contribution in [-0.2, 0) is 0 Å². The summed E-state index contributed by atoms with van der Waals surface area (Å²) in [5.41, 5.74) is 5.69. The molecule has 1 rings (SSSR count). The molecular formula is C8H15F3N2. The molecule has 0 radical (unpaired) electrons. The van der Waals surface area contributed by atoms with Crippen molar-refractivity contribution < 1.29 is 13.2 Å². The summed E-state index contributed by atoms with van der Waals surface area (Å²) >= 11 is 0. The molecule has 0 amide bonds. The Bertz CT molecular complexity index is 159. The maximum Gasteiger partial charge on any atom is 0.390 e. The summed E-state index contributed by atoms with van der Waals surface area (Å²) in [6, 6.07) is 0.0354. The predicted molar refractivity (Wildman–Crippen MR) is 44.3 cm³/mol. The van der Waals surface area contributed by atoms with Gasteiger partial charge in [0.05, 0.1) is 6.42 Å². The summed E-state index contributed by atoms with van der Waals surface area (Å²) in [6.45, 7) is 3.34. The maximum atomic E-state index is 11.8. The molecule has 5 heteroatoms. The van der Waals surface area contributed by atoms with Crippen LogP contribution in [0.3, 0.4) is 0 Å². The standard InChI is InChI=1S/C8H15F3N2/c1-6-4-13(5-7(6)12)3-2-8(9,10)11/h6-7H,2-5,12H2,1H3. The Labute approximate surface area is 75.9 Å². The van der Waals surface area contributed by atoms with E-state index in [-0.39, 0.29) is 12.6 Å². The van der Waals surface area contributed by atoms with Gasteiger partial charge in [-0.2, -0.15) is 13.2 Å². The number of hydrogen-bond donors (Lipinski definition) is 1. The monoisotopic (exact) mass is 196 g/mol. The normalized spacial score (nSPS) is 31.2. The van der Waals surface area contributed by atoms with Gasteiger partial charge in [-0.25, -0.2) is 0 Å². The molecule has 0 bridgehead atoms. The molecule has 0 saturated carbocycles. The highest BCUT2D eigenvalue weighted by molar-refractivity contribution is 4.84. The fraction of sp³-hybridized carbons (Fsp3) is 1.00. The van der Waals surface area contributed by atoms with E-state index in [1.54, 1.807) is 4.90 Å². The Balaban J connectivity index is 2.25. The van der Waals surface area contributed by atoms with Gasteiger partial charge in [0.25, 0.3) is 0 Å². The molecule has 2 N–H and O–H groups in total. The smallest absolute Gasteiger partial charge is 0.326 e. The molecule has 0 aromatic carbocycles. The maximum absolute atomic E-state index is 11.8. The Morgan fingerprint density at radius 1 is 1.38 bits per heavy atom. The molecule has 1 saturated heterocycles. The second-order valence-electron chi connectivity index (χ2n) is 3.77. The molecule has 1 heterocycles. The van der Waals surface area contributed by atoms with E-state index in [0.29, 0.717) is 19.0 Å². The first-order valence-electron chi connectivity index (χ1n) is 4.43. The highest BCUT2D eigenvalue weighted by Gasteiger charge is 2.31. The van der Waals surface area contributed by atoms with Crippen molar-refractivity contribution in [3.05, 3.63) is 0 Å². The first-order valence-corrected chi connectivity index (χ1v) is 4.43. The molecule has 2 nitrogen and oxygen atoms in total. The number of rotatable bonds is 2. The van der Waals surface area contributed by atoms with Crippen LogP contribution in [0.5, 0.6) is 0 Å². The van der Waals surface area contributed by atoms with Gasteiger partial charge in [0, 0.05) is 25.7 Å². The average Bonchev–Trinajstić information content (AvgIpc) is 2.27. The Morgan fingerprint density at radius 3 is 2.38 bits per heavy atom. The van der Waals surface area contributed by atoms with Crippen LogP contribution in [-0.4, -0.2) is 36.8 Å². The third-order valence-electron chi connectivity index (χ3n) is 2.46. The Hall–Kier alpha value is -0.290. The van der Waals surface area contributed by atoms with E-state index < -0.39 is 12.6 Å². The van der Waals surface area contributed by atoms with Crippen LogP contribution in [0.1, 0.15) is 13.3 Å². The van der Waals surface area contributed by atoms with Crippen LogP contribution in [0.15, 0.2) is 0 Å². The van der Waals surface area contributed by atoms with Crippen LogP contribution in [0.25, 0.3) is 0 Å². The fourth-order valence-electron chi connectivity index (χ4n) is 1.56. The number of nitrogens with two attached hydrogens (primary N) is 1. The first kappa shape index (κ1) is 10.8. The van der Waals surface area contributed by atoms with Crippen molar-refractivity contribution in [2.45, 2.75) is 25.6 Å². The quantitative estimate of drug-likeness (QED) is 0.719. The lowest BCUT2D eigenvalue weighted by atomic mass is 10.1. The van der Waals surface area contributed by atoms with Gasteiger partial charge in [0.1, 0.15) is 0 Å². The molecular weight excluding hydrogens is 181 g/mol. The summed E-state index contributed by atoms with van der Waals surface area (Å²) < 4.78 is 35.5. The molecule has 0 spiro atoms. The van der Waals surface area contributed by atoms with E-state index in [2.05, 4.69) is 0 Å². The van der Waals surface area contributed by atoms with Crippen molar-refractivity contribution in [1.29, 1.82) is 0 Å². The molecule has 78 valence electrons. The molecule has 2 atom stereocenters. The van der Waals surface area contributed by atoms with Gasteiger partial charge >= 0.3 is 6.18 Å². The number of alkyl halides is 3. The minimum Gasteiger partial charge on any atom is -0.326 e. The van der Waals surface area contributed by atoms with Crippen molar-refractivity contribution in [3.63, 3.8) is 0 Å². The van der Waals surface area contributed by atoms with Gasteiger partial charge < -0.3 is 10.6 Å². The molecule has 2 unspecified atom stereocenters. The summed E-state index contributed by atoms with van der Waals surface area (Å²) in [5, 5.41) is 0. The van der Waals surface area contributed by atoms with Crippen LogP contribution in [0.4, 0.5) is 13.2 Å². The highest BCUT2D eigenvalue weighted by atomic mass is 19.4. The largest absolute Gasteiger partial charge is 0.390 e. The first-order chi connectivity index (χ1) is 5.88. The second kappa shape index (κ2) is 3.84. The van der Waals surface area contributed by atoms with E-state index in [1.807, 2.05) is 6.92 Å². The van der Waals surface area contributed by atoms with Gasteiger partial charge in [-0.1, -0.05) is 6.92 Å². The van der Waals surface area contributed by atoms with E-state index in [1.165, 1.54) is 0 Å². The Morgan fingerprint density at radius 2 is 2.00 bits per heavy atom. The molecule has 0 aliphatic carbocycles. The van der Waals surface area contributed by atoms with Crippen LogP contribution < -0.4 is 5.73 Å². The zero-order valence-corrected chi connectivity index (χ0v) is 7.64. The lowest BCUT2D eigenvalue weighted by Gasteiger charge is -2.15. The minimum absolute atomic E-state index is 0.0354.